The van der Waals surface area contributed by atoms with Gasteiger partial charge in [-0.15, -0.1) is 0 Å². The molecule has 0 unspecified atom stereocenters. The summed E-state index contributed by atoms with van der Waals surface area (Å²) in [4.78, 5) is 14.4. The number of rotatable bonds is 2. The van der Waals surface area contributed by atoms with Crippen molar-refractivity contribution in [1.29, 1.82) is 0 Å². The van der Waals surface area contributed by atoms with Gasteiger partial charge in [0.05, 0.1) is 18.9 Å². The third-order valence-electron chi connectivity index (χ3n) is 4.92. The van der Waals surface area contributed by atoms with Crippen LogP contribution in [0.5, 0.6) is 0 Å². The second kappa shape index (κ2) is 8.99. The van der Waals surface area contributed by atoms with E-state index in [2.05, 4.69) is 23.9 Å². The molecule has 0 N–H and O–H groups in total. The second-order valence-electron chi connectivity index (χ2n) is 7.05. The van der Waals surface area contributed by atoms with Gasteiger partial charge in [0.25, 0.3) is 0 Å². The number of benzene rings is 1. The number of amidine groups is 1. The van der Waals surface area contributed by atoms with Crippen molar-refractivity contribution in [2.75, 3.05) is 40.4 Å². The fourth-order valence-corrected chi connectivity index (χ4v) is 3.57. The van der Waals surface area contributed by atoms with E-state index in [4.69, 9.17) is 14.7 Å². The van der Waals surface area contributed by atoms with Crippen LogP contribution in [0.15, 0.2) is 40.3 Å². The Bertz CT molecular complexity index is 585. The van der Waals surface area contributed by atoms with Crippen LogP contribution in [-0.2, 0) is 4.74 Å². The van der Waals surface area contributed by atoms with Gasteiger partial charge in [-0.2, -0.15) is 4.99 Å². The van der Waals surface area contributed by atoms with Crippen molar-refractivity contribution in [1.82, 2.24) is 9.80 Å². The molecule has 5 nitrogen and oxygen atoms in total. The maximum atomic E-state index is 5.51. The van der Waals surface area contributed by atoms with Crippen molar-refractivity contribution in [3.05, 3.63) is 30.3 Å². The van der Waals surface area contributed by atoms with Gasteiger partial charge < -0.3 is 14.5 Å². The van der Waals surface area contributed by atoms with Crippen LogP contribution >= 0.6 is 0 Å². The van der Waals surface area contributed by atoms with E-state index in [-0.39, 0.29) is 0 Å². The standard InChI is InChI=1S/C20H30N4O/c1-23(2)19(17-9-5-3-6-10-17)22-20(24-13-15-25-16-14-24)21-18-11-7-4-8-12-18/h4,7-8,11-12,17H,3,5-6,9-10,13-16H2,1-2H3/b21-20?,22-19+. The van der Waals surface area contributed by atoms with E-state index in [1.165, 1.54) is 37.9 Å². The Kier molecular flexibility index (Phi) is 6.45. The minimum absolute atomic E-state index is 0.547. The number of morpholine rings is 1. The van der Waals surface area contributed by atoms with E-state index in [0.717, 1.165) is 38.0 Å². The summed E-state index contributed by atoms with van der Waals surface area (Å²) in [5.41, 5.74) is 0.953. The van der Waals surface area contributed by atoms with E-state index in [1.54, 1.807) is 0 Å². The highest BCUT2D eigenvalue weighted by atomic mass is 16.5. The maximum Gasteiger partial charge on any atom is 0.227 e. The number of hydrogen-bond acceptors (Lipinski definition) is 2. The Balaban J connectivity index is 1.92. The van der Waals surface area contributed by atoms with Gasteiger partial charge in [-0.05, 0) is 25.0 Å². The van der Waals surface area contributed by atoms with Crippen molar-refractivity contribution in [3.8, 4) is 0 Å². The van der Waals surface area contributed by atoms with E-state index in [1.807, 2.05) is 30.3 Å². The molecule has 1 saturated carbocycles. The fraction of sp³-hybridized carbons (Fsp3) is 0.600. The van der Waals surface area contributed by atoms with E-state index in [0.29, 0.717) is 5.92 Å². The topological polar surface area (TPSA) is 40.4 Å². The molecule has 0 bridgehead atoms. The summed E-state index contributed by atoms with van der Waals surface area (Å²) in [6.07, 6.45) is 6.43. The zero-order valence-electron chi connectivity index (χ0n) is 15.5. The van der Waals surface area contributed by atoms with Crippen molar-refractivity contribution >= 4 is 17.5 Å². The lowest BCUT2D eigenvalue weighted by Crippen LogP contribution is -2.42. The molecule has 2 aliphatic rings. The maximum absolute atomic E-state index is 5.51. The molecule has 136 valence electrons. The first-order chi connectivity index (χ1) is 12.2. The first-order valence-corrected chi connectivity index (χ1v) is 9.46. The van der Waals surface area contributed by atoms with Crippen molar-refractivity contribution in [2.45, 2.75) is 32.1 Å². The molecule has 0 spiro atoms. The van der Waals surface area contributed by atoms with Crippen molar-refractivity contribution in [2.24, 2.45) is 15.9 Å². The zero-order valence-corrected chi connectivity index (χ0v) is 15.5. The number of para-hydroxylation sites is 1. The van der Waals surface area contributed by atoms with Crippen LogP contribution < -0.4 is 0 Å². The monoisotopic (exact) mass is 342 g/mol. The predicted molar refractivity (Wildman–Crippen MR) is 104 cm³/mol. The molecular weight excluding hydrogens is 312 g/mol. The average Bonchev–Trinajstić information content (AvgIpc) is 2.67. The number of ether oxygens (including phenoxy) is 1. The zero-order chi connectivity index (χ0) is 17.5. The van der Waals surface area contributed by atoms with Gasteiger partial charge in [0, 0.05) is 33.1 Å². The smallest absolute Gasteiger partial charge is 0.227 e. The summed E-state index contributed by atoms with van der Waals surface area (Å²) in [6.45, 7) is 3.18. The molecule has 1 aromatic carbocycles. The van der Waals surface area contributed by atoms with Crippen LogP contribution in [0.4, 0.5) is 5.69 Å². The van der Waals surface area contributed by atoms with Gasteiger partial charge in [0.1, 0.15) is 5.84 Å². The van der Waals surface area contributed by atoms with Crippen LogP contribution in [0, 0.1) is 5.92 Å². The molecule has 1 heterocycles. The van der Waals surface area contributed by atoms with Crippen LogP contribution in [0.1, 0.15) is 32.1 Å². The van der Waals surface area contributed by atoms with Gasteiger partial charge in [-0.1, -0.05) is 37.5 Å². The molecule has 1 aliphatic carbocycles. The number of hydrogen-bond donors (Lipinski definition) is 0. The molecule has 2 fully saturated rings. The molecule has 1 aromatic rings. The van der Waals surface area contributed by atoms with E-state index in [9.17, 15) is 0 Å². The average molecular weight is 342 g/mol. The largest absolute Gasteiger partial charge is 0.378 e. The highest BCUT2D eigenvalue weighted by molar-refractivity contribution is 5.98. The highest BCUT2D eigenvalue weighted by Gasteiger charge is 2.23. The Morgan fingerprint density at radius 2 is 1.72 bits per heavy atom. The third kappa shape index (κ3) is 5.05. The Morgan fingerprint density at radius 1 is 1.04 bits per heavy atom. The Hall–Kier alpha value is -1.88. The summed E-state index contributed by atoms with van der Waals surface area (Å²) in [5, 5.41) is 0. The minimum Gasteiger partial charge on any atom is -0.378 e. The first-order valence-electron chi connectivity index (χ1n) is 9.46. The Labute approximate surface area is 151 Å². The summed E-state index contributed by atoms with van der Waals surface area (Å²) >= 11 is 0. The first kappa shape index (κ1) is 17.9. The van der Waals surface area contributed by atoms with Gasteiger partial charge in [0.15, 0.2) is 0 Å². The molecule has 5 heteroatoms. The van der Waals surface area contributed by atoms with E-state index < -0.39 is 0 Å². The lowest BCUT2D eigenvalue weighted by Gasteiger charge is -2.31. The molecular formula is C20H30N4O. The molecule has 1 saturated heterocycles. The summed E-state index contributed by atoms with van der Waals surface area (Å²) in [6, 6.07) is 10.1. The number of guanidine groups is 1. The Morgan fingerprint density at radius 3 is 2.36 bits per heavy atom. The van der Waals surface area contributed by atoms with Crippen LogP contribution in [0.3, 0.4) is 0 Å². The summed E-state index contributed by atoms with van der Waals surface area (Å²) < 4.78 is 5.51. The van der Waals surface area contributed by atoms with Crippen molar-refractivity contribution in [3.63, 3.8) is 0 Å². The molecule has 1 aliphatic heterocycles. The molecule has 25 heavy (non-hydrogen) atoms. The fourth-order valence-electron chi connectivity index (χ4n) is 3.57. The normalized spacial score (nSPS) is 20.6. The molecule has 0 amide bonds. The highest BCUT2D eigenvalue weighted by Crippen LogP contribution is 2.26. The third-order valence-corrected chi connectivity index (χ3v) is 4.92. The molecule has 0 aromatic heterocycles. The number of nitrogens with zero attached hydrogens (tertiary/aromatic N) is 4. The van der Waals surface area contributed by atoms with E-state index >= 15 is 0 Å². The lowest BCUT2D eigenvalue weighted by atomic mass is 9.88. The summed E-state index contributed by atoms with van der Waals surface area (Å²) in [7, 11) is 4.21. The lowest BCUT2D eigenvalue weighted by molar-refractivity contribution is 0.0676. The van der Waals surface area contributed by atoms with Crippen LogP contribution in [0.2, 0.25) is 0 Å². The predicted octanol–water partition coefficient (Wildman–Crippen LogP) is 3.55. The van der Waals surface area contributed by atoms with Gasteiger partial charge >= 0.3 is 0 Å². The number of aliphatic imine (C=N–C) groups is 2. The van der Waals surface area contributed by atoms with Gasteiger partial charge in [-0.3, -0.25) is 0 Å². The molecule has 0 atom stereocenters. The second-order valence-corrected chi connectivity index (χ2v) is 7.05. The van der Waals surface area contributed by atoms with Crippen LogP contribution in [-0.4, -0.2) is 62.0 Å². The molecule has 3 rings (SSSR count). The quantitative estimate of drug-likeness (QED) is 0.610. The summed E-state index contributed by atoms with van der Waals surface area (Å²) in [5.74, 6) is 2.54. The minimum atomic E-state index is 0.547. The van der Waals surface area contributed by atoms with Crippen molar-refractivity contribution < 1.29 is 4.74 Å². The van der Waals surface area contributed by atoms with Gasteiger partial charge in [-0.25, -0.2) is 4.99 Å². The molecule has 0 radical (unpaired) electrons. The van der Waals surface area contributed by atoms with Gasteiger partial charge in [0.2, 0.25) is 5.96 Å². The SMILES string of the molecule is CN(C)/C(=N/C(=Nc1ccccc1)N1CCOCC1)C1CCCCC1. The van der Waals surface area contributed by atoms with Crippen LogP contribution in [0.25, 0.3) is 0 Å².